The molecule has 0 saturated carbocycles. The summed E-state index contributed by atoms with van der Waals surface area (Å²) in [6.45, 7) is 13.6. The van der Waals surface area contributed by atoms with Gasteiger partial charge in [-0.1, -0.05) is 20.8 Å². The van der Waals surface area contributed by atoms with Gasteiger partial charge in [-0.3, -0.25) is 4.90 Å². The van der Waals surface area contributed by atoms with E-state index in [1.165, 1.54) is 58.4 Å². The Balaban J connectivity index is 1.81. The first-order chi connectivity index (χ1) is 9.00. The normalized spacial score (nSPS) is 28.1. The molecular weight excluding hydrogens is 234 g/mol. The molecule has 2 saturated heterocycles. The minimum atomic E-state index is 0.361. The Labute approximate surface area is 119 Å². The molecule has 19 heavy (non-hydrogen) atoms. The molecule has 0 aliphatic carbocycles. The number of nitrogens with one attached hydrogen (secondary N) is 1. The number of nitrogens with zero attached hydrogens (tertiary/aromatic N) is 2. The van der Waals surface area contributed by atoms with Crippen molar-refractivity contribution in [2.45, 2.75) is 58.5 Å². The molecule has 0 amide bonds. The second-order valence-corrected chi connectivity index (χ2v) is 7.48. The zero-order chi connectivity index (χ0) is 13.9. The summed E-state index contributed by atoms with van der Waals surface area (Å²) in [5.41, 5.74) is 0.361. The topological polar surface area (TPSA) is 18.5 Å². The van der Waals surface area contributed by atoms with Gasteiger partial charge in [-0.2, -0.15) is 0 Å². The Morgan fingerprint density at radius 1 is 1.16 bits per heavy atom. The van der Waals surface area contributed by atoms with Gasteiger partial charge >= 0.3 is 0 Å². The Hall–Kier alpha value is -0.120. The lowest BCUT2D eigenvalue weighted by Gasteiger charge is -2.33. The van der Waals surface area contributed by atoms with Crippen LogP contribution in [0.15, 0.2) is 0 Å². The van der Waals surface area contributed by atoms with Crippen molar-refractivity contribution in [2.75, 3.05) is 39.8 Å². The van der Waals surface area contributed by atoms with Gasteiger partial charge in [-0.15, -0.1) is 0 Å². The van der Waals surface area contributed by atoms with Crippen molar-refractivity contribution in [3.8, 4) is 0 Å². The van der Waals surface area contributed by atoms with Gasteiger partial charge in [0.25, 0.3) is 0 Å². The first-order valence-electron chi connectivity index (χ1n) is 8.14. The van der Waals surface area contributed by atoms with Crippen molar-refractivity contribution < 1.29 is 0 Å². The summed E-state index contributed by atoms with van der Waals surface area (Å²) in [7, 11) is 2.11. The van der Waals surface area contributed by atoms with Gasteiger partial charge in [0.05, 0.1) is 0 Å². The van der Waals surface area contributed by atoms with E-state index in [1.54, 1.807) is 0 Å². The van der Waals surface area contributed by atoms with Crippen molar-refractivity contribution in [3.05, 3.63) is 0 Å². The molecule has 2 rings (SSSR count). The highest BCUT2D eigenvalue weighted by Gasteiger charge is 2.29. The standard InChI is InChI=1S/C16H33N3/c1-16(2,3)15(17-4)8-12-18-9-6-11-19-10-5-7-14(19)13-18/h14-15,17H,5-13H2,1-4H3. The molecule has 3 heteroatoms. The first-order valence-corrected chi connectivity index (χ1v) is 8.14. The maximum Gasteiger partial charge on any atom is 0.0223 e. The van der Waals surface area contributed by atoms with E-state index in [0.29, 0.717) is 11.5 Å². The van der Waals surface area contributed by atoms with Crippen LogP contribution in [0.5, 0.6) is 0 Å². The Kier molecular flexibility index (Phi) is 5.27. The Morgan fingerprint density at radius 3 is 2.58 bits per heavy atom. The van der Waals surface area contributed by atoms with Crippen molar-refractivity contribution in [3.63, 3.8) is 0 Å². The van der Waals surface area contributed by atoms with E-state index < -0.39 is 0 Å². The van der Waals surface area contributed by atoms with Gasteiger partial charge in [0.1, 0.15) is 0 Å². The van der Waals surface area contributed by atoms with Crippen LogP contribution in [-0.4, -0.2) is 61.7 Å². The van der Waals surface area contributed by atoms with Gasteiger partial charge in [0.2, 0.25) is 0 Å². The summed E-state index contributed by atoms with van der Waals surface area (Å²) < 4.78 is 0. The average Bonchev–Trinajstić information content (AvgIpc) is 2.67. The fraction of sp³-hybridized carbons (Fsp3) is 1.00. The Bertz CT molecular complexity index is 272. The van der Waals surface area contributed by atoms with E-state index in [0.717, 1.165) is 6.04 Å². The highest BCUT2D eigenvalue weighted by molar-refractivity contribution is 4.86. The molecule has 2 fully saturated rings. The minimum absolute atomic E-state index is 0.361. The number of hydrogen-bond donors (Lipinski definition) is 1. The van der Waals surface area contributed by atoms with E-state index in [9.17, 15) is 0 Å². The fourth-order valence-electron chi connectivity index (χ4n) is 3.81. The maximum absolute atomic E-state index is 3.51. The first kappa shape index (κ1) is 15.3. The van der Waals surface area contributed by atoms with Gasteiger partial charge < -0.3 is 10.2 Å². The van der Waals surface area contributed by atoms with Crippen LogP contribution in [0.4, 0.5) is 0 Å². The van der Waals surface area contributed by atoms with E-state index in [1.807, 2.05) is 0 Å². The third kappa shape index (κ3) is 4.17. The summed E-state index contributed by atoms with van der Waals surface area (Å²) in [5.74, 6) is 0. The van der Waals surface area contributed by atoms with E-state index in [-0.39, 0.29) is 0 Å². The Morgan fingerprint density at radius 2 is 1.89 bits per heavy atom. The predicted octanol–water partition coefficient (Wildman–Crippen LogP) is 2.18. The molecule has 0 aromatic carbocycles. The van der Waals surface area contributed by atoms with E-state index in [4.69, 9.17) is 0 Å². The zero-order valence-electron chi connectivity index (χ0n) is 13.4. The lowest BCUT2D eigenvalue weighted by atomic mass is 9.85. The molecule has 3 nitrogen and oxygen atoms in total. The predicted molar refractivity (Wildman–Crippen MR) is 82.6 cm³/mol. The van der Waals surface area contributed by atoms with Crippen molar-refractivity contribution in [1.29, 1.82) is 0 Å². The SMILES string of the molecule is CNC(CCN1CCCN2CCCC2C1)C(C)(C)C. The van der Waals surface area contributed by atoms with Crippen LogP contribution in [0.1, 0.15) is 46.5 Å². The van der Waals surface area contributed by atoms with Crippen LogP contribution in [0.25, 0.3) is 0 Å². The molecule has 2 atom stereocenters. The highest BCUT2D eigenvalue weighted by atomic mass is 15.3. The van der Waals surface area contributed by atoms with Gasteiger partial charge in [-0.25, -0.2) is 0 Å². The minimum Gasteiger partial charge on any atom is -0.316 e. The molecule has 1 N–H and O–H groups in total. The van der Waals surface area contributed by atoms with Gasteiger partial charge in [0, 0.05) is 18.6 Å². The maximum atomic E-state index is 3.51. The molecule has 0 bridgehead atoms. The van der Waals surface area contributed by atoms with Gasteiger partial charge in [0.15, 0.2) is 0 Å². The summed E-state index contributed by atoms with van der Waals surface area (Å²) in [5, 5.41) is 3.51. The lowest BCUT2D eigenvalue weighted by Crippen LogP contribution is -2.42. The van der Waals surface area contributed by atoms with Crippen LogP contribution in [0.3, 0.4) is 0 Å². The van der Waals surface area contributed by atoms with Crippen LogP contribution < -0.4 is 5.32 Å². The molecule has 0 aromatic heterocycles. The molecule has 2 heterocycles. The quantitative estimate of drug-likeness (QED) is 0.842. The largest absolute Gasteiger partial charge is 0.316 e. The molecule has 2 unspecified atom stereocenters. The summed E-state index contributed by atoms with van der Waals surface area (Å²) in [6.07, 6.45) is 5.47. The highest BCUT2D eigenvalue weighted by Crippen LogP contribution is 2.24. The van der Waals surface area contributed by atoms with Crippen LogP contribution in [0.2, 0.25) is 0 Å². The third-order valence-corrected chi connectivity index (χ3v) is 5.02. The fourth-order valence-corrected chi connectivity index (χ4v) is 3.81. The van der Waals surface area contributed by atoms with Crippen molar-refractivity contribution in [1.82, 2.24) is 15.1 Å². The second-order valence-electron chi connectivity index (χ2n) is 7.48. The van der Waals surface area contributed by atoms with E-state index in [2.05, 4.69) is 42.9 Å². The average molecular weight is 267 g/mol. The molecule has 0 aromatic rings. The molecule has 0 radical (unpaired) electrons. The molecule has 0 spiro atoms. The van der Waals surface area contributed by atoms with Crippen LogP contribution in [0, 0.1) is 5.41 Å². The van der Waals surface area contributed by atoms with Crippen molar-refractivity contribution >= 4 is 0 Å². The number of fused-ring (bicyclic) bond motifs is 1. The van der Waals surface area contributed by atoms with E-state index >= 15 is 0 Å². The second kappa shape index (κ2) is 6.55. The van der Waals surface area contributed by atoms with Crippen LogP contribution in [-0.2, 0) is 0 Å². The van der Waals surface area contributed by atoms with Gasteiger partial charge in [-0.05, 0) is 64.3 Å². The van der Waals surface area contributed by atoms with Crippen LogP contribution >= 0.6 is 0 Å². The lowest BCUT2D eigenvalue weighted by molar-refractivity contribution is 0.192. The summed E-state index contributed by atoms with van der Waals surface area (Å²) >= 11 is 0. The molecule has 2 aliphatic rings. The van der Waals surface area contributed by atoms with Crippen molar-refractivity contribution in [2.24, 2.45) is 5.41 Å². The molecule has 112 valence electrons. The number of hydrogen-bond acceptors (Lipinski definition) is 3. The summed E-state index contributed by atoms with van der Waals surface area (Å²) in [6, 6.07) is 1.47. The third-order valence-electron chi connectivity index (χ3n) is 5.02. The summed E-state index contributed by atoms with van der Waals surface area (Å²) in [4.78, 5) is 5.44. The monoisotopic (exact) mass is 267 g/mol. The smallest absolute Gasteiger partial charge is 0.0223 e. The zero-order valence-corrected chi connectivity index (χ0v) is 13.4. The molecular formula is C16H33N3. The number of rotatable bonds is 4. The molecule has 2 aliphatic heterocycles.